The predicted octanol–water partition coefficient (Wildman–Crippen LogP) is 3.48. The van der Waals surface area contributed by atoms with Crippen LogP contribution in [0, 0.1) is 17.8 Å². The summed E-state index contributed by atoms with van der Waals surface area (Å²) in [6, 6.07) is 6.76. The van der Waals surface area contributed by atoms with Crippen LogP contribution in [-0.2, 0) is 11.3 Å². The van der Waals surface area contributed by atoms with Crippen LogP contribution in [0.25, 0.3) is 0 Å². The van der Waals surface area contributed by atoms with Gasteiger partial charge < -0.3 is 15.8 Å². The molecule has 0 saturated heterocycles. The van der Waals surface area contributed by atoms with Gasteiger partial charge >= 0.3 is 6.61 Å². The Bertz CT molecular complexity index is 574. The van der Waals surface area contributed by atoms with E-state index in [1.54, 1.807) is 18.2 Å². The lowest BCUT2D eigenvalue weighted by Gasteiger charge is -2.43. The van der Waals surface area contributed by atoms with E-state index in [4.69, 9.17) is 5.73 Å². The molecule has 1 aromatic carbocycles. The van der Waals surface area contributed by atoms with Crippen molar-refractivity contribution in [2.75, 3.05) is 0 Å². The second kappa shape index (κ2) is 8.81. The van der Waals surface area contributed by atoms with E-state index < -0.39 is 6.61 Å². The SMILES string of the molecule is Cl.NC1C2CCCC1CC(C(=O)NCc1ccccc1OC(F)F)C2. The summed E-state index contributed by atoms with van der Waals surface area (Å²) in [5.41, 5.74) is 6.81. The monoisotopic (exact) mass is 374 g/mol. The molecule has 140 valence electrons. The number of rotatable bonds is 5. The second-order valence-electron chi connectivity index (χ2n) is 6.90. The van der Waals surface area contributed by atoms with E-state index in [2.05, 4.69) is 10.1 Å². The number of benzene rings is 1. The van der Waals surface area contributed by atoms with E-state index in [1.807, 2.05) is 0 Å². The number of carbonyl (C=O) groups is 1. The number of nitrogens with one attached hydrogen (secondary N) is 1. The van der Waals surface area contributed by atoms with Crippen molar-refractivity contribution in [1.29, 1.82) is 0 Å². The largest absolute Gasteiger partial charge is 0.434 e. The summed E-state index contributed by atoms with van der Waals surface area (Å²) in [5, 5.41) is 2.88. The third kappa shape index (κ3) is 4.82. The summed E-state index contributed by atoms with van der Waals surface area (Å²) in [7, 11) is 0. The van der Waals surface area contributed by atoms with Crippen LogP contribution >= 0.6 is 12.4 Å². The molecule has 3 rings (SSSR count). The zero-order chi connectivity index (χ0) is 17.1. The normalized spacial score (nSPS) is 28.2. The minimum absolute atomic E-state index is 0. The first-order valence-corrected chi connectivity index (χ1v) is 8.60. The van der Waals surface area contributed by atoms with Gasteiger partial charge in [-0.25, -0.2) is 0 Å². The predicted molar refractivity (Wildman–Crippen MR) is 93.7 cm³/mol. The molecule has 0 radical (unpaired) electrons. The zero-order valence-corrected chi connectivity index (χ0v) is 14.8. The Labute approximate surface area is 152 Å². The lowest BCUT2D eigenvalue weighted by Crippen LogP contribution is -2.49. The highest BCUT2D eigenvalue weighted by atomic mass is 35.5. The van der Waals surface area contributed by atoms with Gasteiger partial charge in [0.15, 0.2) is 0 Å². The van der Waals surface area contributed by atoms with Gasteiger partial charge in [-0.05, 0) is 43.6 Å². The van der Waals surface area contributed by atoms with Crippen molar-refractivity contribution in [2.24, 2.45) is 23.5 Å². The third-order valence-corrected chi connectivity index (χ3v) is 5.43. The maximum absolute atomic E-state index is 12.5. The number of amides is 1. The minimum Gasteiger partial charge on any atom is -0.434 e. The van der Waals surface area contributed by atoms with Gasteiger partial charge in [-0.3, -0.25) is 4.79 Å². The van der Waals surface area contributed by atoms with E-state index in [0.29, 0.717) is 17.4 Å². The molecular formula is C18H25ClF2N2O2. The number of hydrogen-bond donors (Lipinski definition) is 2. The van der Waals surface area contributed by atoms with Crippen molar-refractivity contribution < 1.29 is 18.3 Å². The smallest absolute Gasteiger partial charge is 0.387 e. The fraction of sp³-hybridized carbons (Fsp3) is 0.611. The van der Waals surface area contributed by atoms with Crippen LogP contribution in [-0.4, -0.2) is 18.6 Å². The summed E-state index contributed by atoms with van der Waals surface area (Å²) in [6.07, 6.45) is 5.08. The van der Waals surface area contributed by atoms with Crippen LogP contribution in [0.3, 0.4) is 0 Å². The fourth-order valence-corrected chi connectivity index (χ4v) is 4.19. The summed E-state index contributed by atoms with van der Waals surface area (Å²) in [4.78, 5) is 12.5. The number of carbonyl (C=O) groups excluding carboxylic acids is 1. The highest BCUT2D eigenvalue weighted by Gasteiger charge is 2.40. The highest BCUT2D eigenvalue weighted by Crippen LogP contribution is 2.41. The Hall–Kier alpha value is -1.40. The van der Waals surface area contributed by atoms with Gasteiger partial charge in [0.1, 0.15) is 5.75 Å². The van der Waals surface area contributed by atoms with Crippen LogP contribution in [0.1, 0.15) is 37.7 Å². The maximum atomic E-state index is 12.5. The van der Waals surface area contributed by atoms with E-state index in [9.17, 15) is 13.6 Å². The summed E-state index contributed by atoms with van der Waals surface area (Å²) in [5.74, 6) is 0.940. The maximum Gasteiger partial charge on any atom is 0.387 e. The first-order chi connectivity index (χ1) is 11.5. The average Bonchev–Trinajstić information content (AvgIpc) is 2.53. The number of alkyl halides is 2. The van der Waals surface area contributed by atoms with Gasteiger partial charge in [-0.1, -0.05) is 24.6 Å². The molecule has 0 aliphatic heterocycles. The Morgan fingerprint density at radius 1 is 1.24 bits per heavy atom. The molecule has 25 heavy (non-hydrogen) atoms. The molecule has 2 aliphatic carbocycles. The lowest BCUT2D eigenvalue weighted by molar-refractivity contribution is -0.128. The molecule has 2 bridgehead atoms. The van der Waals surface area contributed by atoms with Gasteiger partial charge in [0.05, 0.1) is 0 Å². The van der Waals surface area contributed by atoms with Crippen LogP contribution in [0.15, 0.2) is 24.3 Å². The lowest BCUT2D eigenvalue weighted by atomic mass is 9.65. The quantitative estimate of drug-likeness (QED) is 0.829. The molecule has 0 heterocycles. The van der Waals surface area contributed by atoms with Crippen LogP contribution in [0.4, 0.5) is 8.78 Å². The number of fused-ring (bicyclic) bond motifs is 2. The summed E-state index contributed by atoms with van der Waals surface area (Å²) in [6.45, 7) is -2.68. The molecule has 7 heteroatoms. The Balaban J connectivity index is 0.00000225. The molecule has 3 N–H and O–H groups in total. The van der Waals surface area contributed by atoms with E-state index >= 15 is 0 Å². The van der Waals surface area contributed by atoms with Crippen LogP contribution in [0.2, 0.25) is 0 Å². The fourth-order valence-electron chi connectivity index (χ4n) is 4.19. The number of halogens is 3. The molecule has 1 aromatic rings. The van der Waals surface area contributed by atoms with Crippen LogP contribution in [0.5, 0.6) is 5.75 Å². The van der Waals surface area contributed by atoms with Gasteiger partial charge in [-0.15, -0.1) is 12.4 Å². The van der Waals surface area contributed by atoms with Crippen molar-refractivity contribution in [3.8, 4) is 5.75 Å². The molecule has 0 spiro atoms. The van der Waals surface area contributed by atoms with E-state index in [-0.39, 0.29) is 42.6 Å². The standard InChI is InChI=1S/C18H24F2N2O2.ClH/c19-18(20)24-15-7-2-1-4-13(15)10-22-17(23)14-8-11-5-3-6-12(9-14)16(11)21;/h1-2,4,7,11-12,14,16,18H,3,5-6,8-10,21H2,(H,22,23);1H. The van der Waals surface area contributed by atoms with Crippen molar-refractivity contribution in [2.45, 2.75) is 51.3 Å². The van der Waals surface area contributed by atoms with Crippen molar-refractivity contribution >= 4 is 18.3 Å². The molecule has 0 aromatic heterocycles. The molecule has 2 unspecified atom stereocenters. The highest BCUT2D eigenvalue weighted by molar-refractivity contribution is 5.85. The van der Waals surface area contributed by atoms with Crippen molar-refractivity contribution in [1.82, 2.24) is 5.32 Å². The number of nitrogens with two attached hydrogens (primary N) is 1. The minimum atomic E-state index is -2.87. The molecule has 2 fully saturated rings. The Kier molecular flexibility index (Phi) is 7.02. The van der Waals surface area contributed by atoms with Crippen LogP contribution < -0.4 is 15.8 Å². The number of ether oxygens (including phenoxy) is 1. The average molecular weight is 375 g/mol. The first-order valence-electron chi connectivity index (χ1n) is 8.60. The Morgan fingerprint density at radius 3 is 2.52 bits per heavy atom. The van der Waals surface area contributed by atoms with Gasteiger partial charge in [0, 0.05) is 24.1 Å². The molecule has 2 aliphatic rings. The van der Waals surface area contributed by atoms with Crippen molar-refractivity contribution in [3.63, 3.8) is 0 Å². The van der Waals surface area contributed by atoms with Gasteiger partial charge in [0.2, 0.25) is 5.91 Å². The number of hydrogen-bond acceptors (Lipinski definition) is 3. The molecular weight excluding hydrogens is 350 g/mol. The third-order valence-electron chi connectivity index (χ3n) is 5.43. The van der Waals surface area contributed by atoms with Gasteiger partial charge in [-0.2, -0.15) is 8.78 Å². The Morgan fingerprint density at radius 2 is 1.88 bits per heavy atom. The topological polar surface area (TPSA) is 64.4 Å². The molecule has 1 amide bonds. The summed E-state index contributed by atoms with van der Waals surface area (Å²) >= 11 is 0. The summed E-state index contributed by atoms with van der Waals surface area (Å²) < 4.78 is 29.4. The molecule has 2 saturated carbocycles. The zero-order valence-electron chi connectivity index (χ0n) is 14.0. The number of para-hydroxylation sites is 1. The van der Waals surface area contributed by atoms with Crippen molar-refractivity contribution in [3.05, 3.63) is 29.8 Å². The van der Waals surface area contributed by atoms with E-state index in [1.165, 1.54) is 12.5 Å². The molecule has 4 nitrogen and oxygen atoms in total. The molecule has 2 atom stereocenters. The second-order valence-corrected chi connectivity index (χ2v) is 6.90. The van der Waals surface area contributed by atoms with Gasteiger partial charge in [0.25, 0.3) is 0 Å². The first kappa shape index (κ1) is 19.9. The van der Waals surface area contributed by atoms with E-state index in [0.717, 1.165) is 25.7 Å².